The third-order valence-electron chi connectivity index (χ3n) is 4.00. The number of pyridine rings is 1. The largest absolute Gasteiger partial charge is 0.368 e. The van der Waals surface area contributed by atoms with Crippen molar-refractivity contribution in [3.05, 3.63) is 78.1 Å². The Bertz CT molecular complexity index is 1050. The van der Waals surface area contributed by atoms with Gasteiger partial charge in [-0.2, -0.15) is 4.98 Å². The first-order chi connectivity index (χ1) is 12.7. The van der Waals surface area contributed by atoms with Crippen LogP contribution in [0.3, 0.4) is 0 Å². The second kappa shape index (κ2) is 6.76. The number of halogens is 1. The molecule has 0 amide bonds. The predicted octanol–water partition coefficient (Wildman–Crippen LogP) is 4.03. The molecule has 0 bridgehead atoms. The number of nitrogens with zero attached hydrogens (tertiary/aromatic N) is 3. The van der Waals surface area contributed by atoms with E-state index in [2.05, 4.69) is 20.3 Å². The highest BCUT2D eigenvalue weighted by Crippen LogP contribution is 2.25. The van der Waals surface area contributed by atoms with Crippen molar-refractivity contribution < 1.29 is 4.39 Å². The lowest BCUT2D eigenvalue weighted by Gasteiger charge is -2.10. The van der Waals surface area contributed by atoms with Gasteiger partial charge < -0.3 is 11.1 Å². The molecular formula is C20H16FN5. The smallest absolute Gasteiger partial charge is 0.222 e. The van der Waals surface area contributed by atoms with Crippen molar-refractivity contribution in [3.8, 4) is 11.3 Å². The molecule has 4 aromatic rings. The Morgan fingerprint density at radius 1 is 0.846 bits per heavy atom. The first kappa shape index (κ1) is 16.0. The van der Waals surface area contributed by atoms with Crippen molar-refractivity contribution in [3.63, 3.8) is 0 Å². The molecule has 0 radical (unpaired) electrons. The van der Waals surface area contributed by atoms with Gasteiger partial charge in [-0.1, -0.05) is 30.3 Å². The average Bonchev–Trinajstić information content (AvgIpc) is 2.67. The van der Waals surface area contributed by atoms with Crippen LogP contribution in [-0.2, 0) is 6.54 Å². The predicted molar refractivity (Wildman–Crippen MR) is 101 cm³/mol. The summed E-state index contributed by atoms with van der Waals surface area (Å²) in [7, 11) is 0. The molecule has 0 unspecified atom stereocenters. The van der Waals surface area contributed by atoms with Gasteiger partial charge in [-0.25, -0.2) is 14.4 Å². The number of fused-ring (bicyclic) bond motifs is 1. The van der Waals surface area contributed by atoms with Gasteiger partial charge in [0.25, 0.3) is 0 Å². The minimum Gasteiger partial charge on any atom is -0.368 e. The molecule has 0 aliphatic heterocycles. The molecule has 0 saturated heterocycles. The van der Waals surface area contributed by atoms with Crippen molar-refractivity contribution in [1.29, 1.82) is 0 Å². The Hall–Kier alpha value is -3.54. The molecule has 2 aromatic heterocycles. The van der Waals surface area contributed by atoms with E-state index in [-0.39, 0.29) is 11.8 Å². The van der Waals surface area contributed by atoms with Crippen LogP contribution < -0.4 is 11.1 Å². The molecule has 0 saturated carbocycles. The fourth-order valence-electron chi connectivity index (χ4n) is 2.72. The molecule has 26 heavy (non-hydrogen) atoms. The van der Waals surface area contributed by atoms with Crippen LogP contribution in [0.4, 0.5) is 16.2 Å². The van der Waals surface area contributed by atoms with Gasteiger partial charge in [-0.05, 0) is 42.0 Å². The molecule has 5 nitrogen and oxygen atoms in total. The lowest BCUT2D eigenvalue weighted by molar-refractivity contribution is 0.628. The Labute approximate surface area is 149 Å². The summed E-state index contributed by atoms with van der Waals surface area (Å²) in [6.07, 6.45) is 0. The maximum absolute atomic E-state index is 13.2. The summed E-state index contributed by atoms with van der Waals surface area (Å²) >= 11 is 0. The number of anilines is 2. The van der Waals surface area contributed by atoms with Gasteiger partial charge in [0.1, 0.15) is 11.3 Å². The summed E-state index contributed by atoms with van der Waals surface area (Å²) in [5.41, 5.74) is 9.75. The van der Waals surface area contributed by atoms with Gasteiger partial charge in [0, 0.05) is 12.1 Å². The third-order valence-corrected chi connectivity index (χ3v) is 4.00. The molecule has 0 aliphatic carbocycles. The zero-order chi connectivity index (χ0) is 17.9. The minimum absolute atomic E-state index is 0.185. The van der Waals surface area contributed by atoms with Crippen molar-refractivity contribution in [2.24, 2.45) is 0 Å². The SMILES string of the molecule is Nc1nc(NCc2ccccc2)c2nc(-c3ccc(F)cc3)ccc2n1. The normalized spacial score (nSPS) is 10.8. The summed E-state index contributed by atoms with van der Waals surface area (Å²) in [6.45, 7) is 0.592. The van der Waals surface area contributed by atoms with Crippen LogP contribution in [-0.4, -0.2) is 15.0 Å². The zero-order valence-electron chi connectivity index (χ0n) is 13.9. The quantitative estimate of drug-likeness (QED) is 0.584. The summed E-state index contributed by atoms with van der Waals surface area (Å²) in [5.74, 6) is 0.473. The van der Waals surface area contributed by atoms with E-state index in [1.165, 1.54) is 12.1 Å². The monoisotopic (exact) mass is 345 g/mol. The van der Waals surface area contributed by atoms with Crippen molar-refractivity contribution in [2.75, 3.05) is 11.1 Å². The highest BCUT2D eigenvalue weighted by atomic mass is 19.1. The first-order valence-electron chi connectivity index (χ1n) is 8.17. The molecule has 2 aromatic carbocycles. The van der Waals surface area contributed by atoms with Gasteiger partial charge in [-0.15, -0.1) is 0 Å². The van der Waals surface area contributed by atoms with Crippen molar-refractivity contribution in [1.82, 2.24) is 15.0 Å². The molecule has 0 fully saturated rings. The zero-order valence-corrected chi connectivity index (χ0v) is 13.9. The number of nitrogens with one attached hydrogen (secondary N) is 1. The van der Waals surface area contributed by atoms with E-state index in [0.717, 1.165) is 11.1 Å². The van der Waals surface area contributed by atoms with Crippen LogP contribution >= 0.6 is 0 Å². The lowest BCUT2D eigenvalue weighted by atomic mass is 10.1. The minimum atomic E-state index is -0.282. The fraction of sp³-hybridized carbons (Fsp3) is 0.0500. The van der Waals surface area contributed by atoms with Gasteiger partial charge in [0.2, 0.25) is 5.95 Å². The maximum atomic E-state index is 13.2. The first-order valence-corrected chi connectivity index (χ1v) is 8.17. The van der Waals surface area contributed by atoms with Crippen molar-refractivity contribution >= 4 is 22.8 Å². The van der Waals surface area contributed by atoms with E-state index in [0.29, 0.717) is 29.1 Å². The van der Waals surface area contributed by atoms with E-state index in [1.54, 1.807) is 12.1 Å². The second-order valence-electron chi connectivity index (χ2n) is 5.84. The molecule has 3 N–H and O–H groups in total. The van der Waals surface area contributed by atoms with Crippen molar-refractivity contribution in [2.45, 2.75) is 6.54 Å². The van der Waals surface area contributed by atoms with E-state index < -0.39 is 0 Å². The Morgan fingerprint density at radius 2 is 1.62 bits per heavy atom. The van der Waals surface area contributed by atoms with Crippen LogP contribution in [0.2, 0.25) is 0 Å². The number of rotatable bonds is 4. The van der Waals surface area contributed by atoms with Crippen LogP contribution in [0, 0.1) is 5.82 Å². The van der Waals surface area contributed by atoms with E-state index in [1.807, 2.05) is 42.5 Å². The van der Waals surface area contributed by atoms with E-state index in [4.69, 9.17) is 5.73 Å². The number of nitrogens with two attached hydrogens (primary N) is 1. The van der Waals surface area contributed by atoms with Gasteiger partial charge in [-0.3, -0.25) is 0 Å². The second-order valence-corrected chi connectivity index (χ2v) is 5.84. The van der Waals surface area contributed by atoms with Crippen LogP contribution in [0.5, 0.6) is 0 Å². The topological polar surface area (TPSA) is 76.7 Å². The number of benzene rings is 2. The Balaban J connectivity index is 1.73. The molecule has 4 rings (SSSR count). The highest BCUT2D eigenvalue weighted by Gasteiger charge is 2.10. The summed E-state index contributed by atoms with van der Waals surface area (Å²) < 4.78 is 13.2. The van der Waals surface area contributed by atoms with E-state index >= 15 is 0 Å². The summed E-state index contributed by atoms with van der Waals surface area (Å²) in [5, 5.41) is 3.28. The van der Waals surface area contributed by atoms with Crippen LogP contribution in [0.25, 0.3) is 22.3 Å². The van der Waals surface area contributed by atoms with Gasteiger partial charge >= 0.3 is 0 Å². The maximum Gasteiger partial charge on any atom is 0.222 e. The van der Waals surface area contributed by atoms with Crippen LogP contribution in [0.1, 0.15) is 5.56 Å². The molecule has 6 heteroatoms. The molecular weight excluding hydrogens is 329 g/mol. The molecule has 0 spiro atoms. The Morgan fingerprint density at radius 3 is 2.38 bits per heavy atom. The standard InChI is InChI=1S/C20H16FN5/c21-15-8-6-14(7-9-15)16-10-11-17-18(24-16)19(26-20(22)25-17)23-12-13-4-2-1-3-5-13/h1-11H,12H2,(H3,22,23,25,26). The summed E-state index contributed by atoms with van der Waals surface area (Å²) in [4.78, 5) is 13.2. The fourth-order valence-corrected chi connectivity index (χ4v) is 2.72. The summed E-state index contributed by atoms with van der Waals surface area (Å²) in [6, 6.07) is 19.9. The average molecular weight is 345 g/mol. The molecule has 0 aliphatic rings. The molecule has 128 valence electrons. The van der Waals surface area contributed by atoms with Gasteiger partial charge in [0.05, 0.1) is 11.2 Å². The van der Waals surface area contributed by atoms with Gasteiger partial charge in [0.15, 0.2) is 5.82 Å². The third kappa shape index (κ3) is 3.30. The Kier molecular flexibility index (Phi) is 4.15. The molecule has 0 atom stereocenters. The number of aromatic nitrogens is 3. The van der Waals surface area contributed by atoms with Crippen LogP contribution in [0.15, 0.2) is 66.7 Å². The lowest BCUT2D eigenvalue weighted by Crippen LogP contribution is -2.06. The number of nitrogen functional groups attached to an aromatic ring is 1. The highest BCUT2D eigenvalue weighted by molar-refractivity contribution is 5.88. The molecule has 2 heterocycles. The number of hydrogen-bond acceptors (Lipinski definition) is 5. The number of hydrogen-bond donors (Lipinski definition) is 2. The van der Waals surface area contributed by atoms with E-state index in [9.17, 15) is 4.39 Å².